The molecule has 4 atom stereocenters. The lowest BCUT2D eigenvalue weighted by Gasteiger charge is -2.57. The molecule has 2 bridgehead atoms. The van der Waals surface area contributed by atoms with Crippen LogP contribution < -0.4 is 0 Å². The van der Waals surface area contributed by atoms with Gasteiger partial charge in [0.05, 0.1) is 13.2 Å². The van der Waals surface area contributed by atoms with Crippen LogP contribution in [0.3, 0.4) is 0 Å². The quantitative estimate of drug-likeness (QED) is 0.786. The van der Waals surface area contributed by atoms with Crippen molar-refractivity contribution < 1.29 is 14.6 Å². The van der Waals surface area contributed by atoms with Gasteiger partial charge in [0.2, 0.25) is 0 Å². The van der Waals surface area contributed by atoms with Crippen LogP contribution in [-0.2, 0) is 9.53 Å². The zero-order valence-electron chi connectivity index (χ0n) is 11.0. The summed E-state index contributed by atoms with van der Waals surface area (Å²) in [5.41, 5.74) is -0.773. The molecule has 3 rings (SSSR count). The van der Waals surface area contributed by atoms with Crippen LogP contribution in [0, 0.1) is 11.8 Å². The van der Waals surface area contributed by atoms with Crippen molar-refractivity contribution in [3.8, 4) is 0 Å². The van der Waals surface area contributed by atoms with E-state index in [0.717, 1.165) is 19.4 Å². The predicted octanol–water partition coefficient (Wildman–Crippen LogP) is 0.683. The Balaban J connectivity index is 2.33. The molecule has 4 heteroatoms. The zero-order chi connectivity index (χ0) is 12.6. The number of ketones is 1. The lowest BCUT2D eigenvalue weighted by atomic mass is 9.69. The van der Waals surface area contributed by atoms with Gasteiger partial charge in [-0.1, -0.05) is 13.8 Å². The highest BCUT2D eigenvalue weighted by molar-refractivity contribution is 5.92. The summed E-state index contributed by atoms with van der Waals surface area (Å²) >= 11 is 0. The molecule has 0 aromatic rings. The minimum absolute atomic E-state index is 0.120. The molecule has 17 heavy (non-hydrogen) atoms. The number of ether oxygens (including phenoxy) is 1. The van der Waals surface area contributed by atoms with E-state index in [1.54, 1.807) is 7.11 Å². The van der Waals surface area contributed by atoms with Crippen molar-refractivity contribution in [1.29, 1.82) is 0 Å². The first-order chi connectivity index (χ1) is 8.06. The normalized spacial score (nSPS) is 41.2. The molecule has 3 heterocycles. The Bertz CT molecular complexity index is 305. The van der Waals surface area contributed by atoms with Crippen LogP contribution in [0.15, 0.2) is 0 Å². The summed E-state index contributed by atoms with van der Waals surface area (Å²) < 4.78 is 5.20. The smallest absolute Gasteiger partial charge is 0.161 e. The third-order valence-corrected chi connectivity index (χ3v) is 4.44. The van der Waals surface area contributed by atoms with Gasteiger partial charge in [0.25, 0.3) is 0 Å². The van der Waals surface area contributed by atoms with E-state index >= 15 is 0 Å². The molecule has 1 N–H and O–H groups in total. The summed E-state index contributed by atoms with van der Waals surface area (Å²) in [5.74, 6) is 0.813. The topological polar surface area (TPSA) is 49.8 Å². The molecule has 3 fully saturated rings. The Morgan fingerprint density at radius 1 is 1.59 bits per heavy atom. The summed E-state index contributed by atoms with van der Waals surface area (Å²) in [7, 11) is 1.60. The molecule has 1 unspecified atom stereocenters. The van der Waals surface area contributed by atoms with E-state index in [0.29, 0.717) is 18.6 Å². The molecule has 3 aliphatic heterocycles. The second-order valence-electron chi connectivity index (χ2n) is 5.71. The van der Waals surface area contributed by atoms with Gasteiger partial charge in [-0.05, 0) is 18.8 Å². The number of rotatable bonds is 4. The van der Waals surface area contributed by atoms with Gasteiger partial charge < -0.3 is 9.84 Å². The number of Topliss-reactive ketones (excluding diaryl/α,β-unsaturated/α-hetero) is 1. The molecule has 4 nitrogen and oxygen atoms in total. The van der Waals surface area contributed by atoms with Crippen molar-refractivity contribution in [2.45, 2.75) is 38.3 Å². The van der Waals surface area contributed by atoms with E-state index in [9.17, 15) is 9.90 Å². The van der Waals surface area contributed by atoms with Crippen LogP contribution >= 0.6 is 0 Å². The van der Waals surface area contributed by atoms with Crippen LogP contribution in [-0.4, -0.2) is 54.2 Å². The third-order valence-electron chi connectivity index (χ3n) is 4.44. The van der Waals surface area contributed by atoms with Crippen molar-refractivity contribution in [3.63, 3.8) is 0 Å². The monoisotopic (exact) mass is 241 g/mol. The Hall–Kier alpha value is -0.450. The van der Waals surface area contributed by atoms with Gasteiger partial charge in [0, 0.05) is 25.6 Å². The molecule has 0 aromatic heterocycles. The van der Waals surface area contributed by atoms with Crippen molar-refractivity contribution in [2.75, 3.05) is 26.9 Å². The average Bonchev–Trinajstić information content (AvgIpc) is 2.33. The first-order valence-corrected chi connectivity index (χ1v) is 6.47. The lowest BCUT2D eigenvalue weighted by molar-refractivity contribution is -0.168. The van der Waals surface area contributed by atoms with E-state index in [4.69, 9.17) is 4.74 Å². The maximum Gasteiger partial charge on any atom is 0.161 e. The number of aliphatic hydroxyl groups is 1. The van der Waals surface area contributed by atoms with Gasteiger partial charge in [-0.25, -0.2) is 0 Å². The van der Waals surface area contributed by atoms with Gasteiger partial charge >= 0.3 is 0 Å². The number of fused-ring (bicyclic) bond motifs is 3. The Morgan fingerprint density at radius 3 is 2.82 bits per heavy atom. The molecule has 0 aromatic carbocycles. The van der Waals surface area contributed by atoms with Crippen LogP contribution in [0.1, 0.15) is 26.7 Å². The van der Waals surface area contributed by atoms with Crippen molar-refractivity contribution in [1.82, 2.24) is 4.90 Å². The van der Waals surface area contributed by atoms with Crippen molar-refractivity contribution >= 4 is 5.78 Å². The molecule has 0 spiro atoms. The van der Waals surface area contributed by atoms with E-state index < -0.39 is 5.54 Å². The number of piperidine rings is 3. The fraction of sp³-hybridized carbons (Fsp3) is 0.923. The molecular formula is C13H23NO3. The van der Waals surface area contributed by atoms with Gasteiger partial charge in [-0.15, -0.1) is 0 Å². The molecule has 3 aliphatic rings. The number of carbonyl (C=O) groups excluding carboxylic acids is 1. The van der Waals surface area contributed by atoms with Crippen LogP contribution in [0.4, 0.5) is 0 Å². The van der Waals surface area contributed by atoms with Crippen LogP contribution in [0.5, 0.6) is 0 Å². The molecule has 3 saturated heterocycles. The lowest BCUT2D eigenvalue weighted by Crippen LogP contribution is -2.72. The van der Waals surface area contributed by atoms with E-state index in [2.05, 4.69) is 18.7 Å². The minimum Gasteiger partial charge on any atom is -0.394 e. The maximum absolute atomic E-state index is 12.4. The SMILES string of the molecule is COC[C@@]1(CO)C(=O)[C@H]2CCN1[C@@H](C(C)C)C2. The number of hydrogen-bond acceptors (Lipinski definition) is 4. The average molecular weight is 241 g/mol. The van der Waals surface area contributed by atoms with E-state index in [1.165, 1.54) is 0 Å². The summed E-state index contributed by atoms with van der Waals surface area (Å²) in [6.45, 7) is 5.46. The van der Waals surface area contributed by atoms with Crippen LogP contribution in [0.2, 0.25) is 0 Å². The highest BCUT2D eigenvalue weighted by atomic mass is 16.5. The van der Waals surface area contributed by atoms with Gasteiger partial charge in [-0.3, -0.25) is 9.69 Å². The molecule has 0 aliphatic carbocycles. The number of nitrogens with zero attached hydrogens (tertiary/aromatic N) is 1. The highest BCUT2D eigenvalue weighted by Crippen LogP contribution is 2.42. The summed E-state index contributed by atoms with van der Waals surface area (Å²) in [4.78, 5) is 14.6. The second-order valence-corrected chi connectivity index (χ2v) is 5.71. The molecule has 0 amide bonds. The number of methoxy groups -OCH3 is 1. The highest BCUT2D eigenvalue weighted by Gasteiger charge is 2.56. The van der Waals surface area contributed by atoms with E-state index in [-0.39, 0.29) is 18.3 Å². The Morgan fingerprint density at radius 2 is 2.29 bits per heavy atom. The molecule has 98 valence electrons. The number of aliphatic hydroxyl groups excluding tert-OH is 1. The van der Waals surface area contributed by atoms with Crippen LogP contribution in [0.25, 0.3) is 0 Å². The summed E-state index contributed by atoms with van der Waals surface area (Å²) in [6.07, 6.45) is 1.88. The minimum atomic E-state index is -0.773. The maximum atomic E-state index is 12.4. The molecular weight excluding hydrogens is 218 g/mol. The zero-order valence-corrected chi connectivity index (χ0v) is 11.0. The Kier molecular flexibility index (Phi) is 3.57. The first kappa shape index (κ1) is 13.0. The standard InChI is InChI=1S/C13H23NO3/c1-9(2)11-6-10-4-5-14(11)13(7-15,8-17-3)12(10)16/h9-11,15H,4-8H2,1-3H3/t10-,11+,13-/m0/s1. The fourth-order valence-electron chi connectivity index (χ4n) is 3.53. The van der Waals surface area contributed by atoms with E-state index in [1.807, 2.05) is 0 Å². The second kappa shape index (κ2) is 4.67. The molecule has 0 saturated carbocycles. The van der Waals surface area contributed by atoms with Gasteiger partial charge in [-0.2, -0.15) is 0 Å². The molecule has 0 radical (unpaired) electrons. The van der Waals surface area contributed by atoms with Crippen molar-refractivity contribution in [2.24, 2.45) is 11.8 Å². The number of carbonyl (C=O) groups is 1. The van der Waals surface area contributed by atoms with Gasteiger partial charge in [0.1, 0.15) is 5.54 Å². The third kappa shape index (κ3) is 1.83. The largest absolute Gasteiger partial charge is 0.394 e. The summed E-state index contributed by atoms with van der Waals surface area (Å²) in [6, 6.07) is 0.397. The summed E-state index contributed by atoms with van der Waals surface area (Å²) in [5, 5.41) is 9.72. The predicted molar refractivity (Wildman–Crippen MR) is 64.8 cm³/mol. The van der Waals surface area contributed by atoms with Gasteiger partial charge in [0.15, 0.2) is 5.78 Å². The van der Waals surface area contributed by atoms with Crippen molar-refractivity contribution in [3.05, 3.63) is 0 Å². The fourth-order valence-corrected chi connectivity index (χ4v) is 3.53. The number of hydrogen-bond donors (Lipinski definition) is 1. The first-order valence-electron chi connectivity index (χ1n) is 6.47. The Labute approximate surface area is 103 Å².